The van der Waals surface area contributed by atoms with Crippen LogP contribution in [0.5, 0.6) is 0 Å². The Bertz CT molecular complexity index is 1100. The zero-order valence-electron chi connectivity index (χ0n) is 15.7. The standard InChI is InChI=1S/C22H21N5O/c1-27-19-11-6-5-10-18(19)26-20(27)12-7-13-24-22(28)17-14-23-15-25-21(17)16-8-3-2-4-9-16/h2-6,8-11,14-15H,7,12-13H2,1H3,(H,24,28). The van der Waals surface area contributed by atoms with E-state index in [1.165, 1.54) is 6.33 Å². The average molecular weight is 371 g/mol. The van der Waals surface area contributed by atoms with Gasteiger partial charge >= 0.3 is 0 Å². The molecular weight excluding hydrogens is 350 g/mol. The molecule has 1 amide bonds. The number of nitrogens with one attached hydrogen (secondary N) is 1. The number of para-hydroxylation sites is 2. The molecule has 2 heterocycles. The summed E-state index contributed by atoms with van der Waals surface area (Å²) in [6, 6.07) is 17.7. The van der Waals surface area contributed by atoms with E-state index in [0.717, 1.165) is 35.3 Å². The lowest BCUT2D eigenvalue weighted by Gasteiger charge is -2.09. The highest BCUT2D eigenvalue weighted by Crippen LogP contribution is 2.20. The zero-order chi connectivity index (χ0) is 19.3. The van der Waals surface area contributed by atoms with Gasteiger partial charge in [0, 0.05) is 31.8 Å². The van der Waals surface area contributed by atoms with E-state index in [1.807, 2.05) is 55.6 Å². The van der Waals surface area contributed by atoms with Crippen molar-refractivity contribution >= 4 is 16.9 Å². The van der Waals surface area contributed by atoms with Crippen molar-refractivity contribution in [3.63, 3.8) is 0 Å². The van der Waals surface area contributed by atoms with Crippen LogP contribution in [0, 0.1) is 0 Å². The zero-order valence-corrected chi connectivity index (χ0v) is 15.7. The van der Waals surface area contributed by atoms with Crippen LogP contribution in [0.1, 0.15) is 22.6 Å². The quantitative estimate of drug-likeness (QED) is 0.527. The first-order valence-electron chi connectivity index (χ1n) is 9.28. The Hall–Kier alpha value is -3.54. The SMILES string of the molecule is Cn1c(CCCNC(=O)c2cncnc2-c2ccccc2)nc2ccccc21. The van der Waals surface area contributed by atoms with Gasteiger partial charge in [-0.3, -0.25) is 4.79 Å². The minimum absolute atomic E-state index is 0.163. The maximum Gasteiger partial charge on any atom is 0.255 e. The molecule has 0 saturated carbocycles. The van der Waals surface area contributed by atoms with Gasteiger partial charge in [0.25, 0.3) is 5.91 Å². The molecule has 28 heavy (non-hydrogen) atoms. The molecule has 140 valence electrons. The second-order valence-corrected chi connectivity index (χ2v) is 6.59. The smallest absolute Gasteiger partial charge is 0.255 e. The third-order valence-electron chi connectivity index (χ3n) is 4.75. The number of aromatic nitrogens is 4. The molecule has 0 aliphatic heterocycles. The molecular formula is C22H21N5O. The predicted octanol–water partition coefficient (Wildman–Crippen LogP) is 3.39. The number of rotatable bonds is 6. The molecule has 0 fully saturated rings. The summed E-state index contributed by atoms with van der Waals surface area (Å²) in [5, 5.41) is 2.98. The molecule has 0 aliphatic rings. The van der Waals surface area contributed by atoms with E-state index < -0.39 is 0 Å². The molecule has 0 bridgehead atoms. The van der Waals surface area contributed by atoms with Crippen LogP contribution >= 0.6 is 0 Å². The number of nitrogens with zero attached hydrogens (tertiary/aromatic N) is 4. The first-order chi connectivity index (χ1) is 13.7. The van der Waals surface area contributed by atoms with Crippen molar-refractivity contribution in [1.82, 2.24) is 24.8 Å². The molecule has 2 aromatic carbocycles. The van der Waals surface area contributed by atoms with E-state index in [0.29, 0.717) is 17.8 Å². The molecule has 0 spiro atoms. The number of carbonyl (C=O) groups excluding carboxylic acids is 1. The van der Waals surface area contributed by atoms with Gasteiger partial charge in [0.1, 0.15) is 12.2 Å². The Morgan fingerprint density at radius 3 is 2.68 bits per heavy atom. The van der Waals surface area contributed by atoms with Gasteiger partial charge < -0.3 is 9.88 Å². The second-order valence-electron chi connectivity index (χ2n) is 6.59. The molecule has 4 aromatic rings. The van der Waals surface area contributed by atoms with Crippen LogP contribution in [-0.4, -0.2) is 32.0 Å². The molecule has 0 atom stereocenters. The van der Waals surface area contributed by atoms with Gasteiger partial charge in [-0.25, -0.2) is 15.0 Å². The van der Waals surface area contributed by atoms with Crippen LogP contribution in [0.25, 0.3) is 22.3 Å². The summed E-state index contributed by atoms with van der Waals surface area (Å²) in [5.74, 6) is 0.855. The minimum atomic E-state index is -0.163. The average Bonchev–Trinajstić information content (AvgIpc) is 3.07. The van der Waals surface area contributed by atoms with E-state index in [1.54, 1.807) is 6.20 Å². The molecule has 0 radical (unpaired) electrons. The summed E-state index contributed by atoms with van der Waals surface area (Å²) in [5.41, 5.74) is 4.14. The van der Waals surface area contributed by atoms with Crippen LogP contribution in [0.3, 0.4) is 0 Å². The summed E-state index contributed by atoms with van der Waals surface area (Å²) < 4.78 is 2.11. The van der Waals surface area contributed by atoms with E-state index in [4.69, 9.17) is 0 Å². The number of benzene rings is 2. The topological polar surface area (TPSA) is 72.7 Å². The fraction of sp³-hybridized carbons (Fsp3) is 0.182. The molecule has 6 nitrogen and oxygen atoms in total. The van der Waals surface area contributed by atoms with E-state index in [-0.39, 0.29) is 5.91 Å². The molecule has 2 aromatic heterocycles. The Kier molecular flexibility index (Phi) is 5.10. The van der Waals surface area contributed by atoms with Crippen molar-refractivity contribution < 1.29 is 4.79 Å². The highest BCUT2D eigenvalue weighted by Gasteiger charge is 2.14. The Morgan fingerprint density at radius 1 is 1.07 bits per heavy atom. The minimum Gasteiger partial charge on any atom is -0.352 e. The van der Waals surface area contributed by atoms with Crippen LogP contribution < -0.4 is 5.32 Å². The van der Waals surface area contributed by atoms with Crippen molar-refractivity contribution in [3.8, 4) is 11.3 Å². The van der Waals surface area contributed by atoms with Crippen LogP contribution in [0.2, 0.25) is 0 Å². The maximum absolute atomic E-state index is 12.6. The first-order valence-corrected chi connectivity index (χ1v) is 9.28. The number of fused-ring (bicyclic) bond motifs is 1. The van der Waals surface area contributed by atoms with Gasteiger partial charge in [-0.05, 0) is 18.6 Å². The van der Waals surface area contributed by atoms with Crippen molar-refractivity contribution in [2.75, 3.05) is 6.54 Å². The number of amides is 1. The fourth-order valence-corrected chi connectivity index (χ4v) is 3.28. The Labute approximate surface area is 163 Å². The third-order valence-corrected chi connectivity index (χ3v) is 4.75. The molecule has 1 N–H and O–H groups in total. The molecule has 6 heteroatoms. The summed E-state index contributed by atoms with van der Waals surface area (Å²) >= 11 is 0. The van der Waals surface area contributed by atoms with Gasteiger partial charge in [-0.2, -0.15) is 0 Å². The number of carbonyl (C=O) groups is 1. The lowest BCUT2D eigenvalue weighted by molar-refractivity contribution is 0.0953. The second kappa shape index (κ2) is 8.00. The van der Waals surface area contributed by atoms with Crippen LogP contribution in [-0.2, 0) is 13.5 Å². The first kappa shape index (κ1) is 17.9. The highest BCUT2D eigenvalue weighted by molar-refractivity contribution is 5.99. The summed E-state index contributed by atoms with van der Waals surface area (Å²) in [7, 11) is 2.02. The summed E-state index contributed by atoms with van der Waals surface area (Å²) in [4.78, 5) is 25.6. The van der Waals surface area contributed by atoms with Gasteiger partial charge in [0.15, 0.2) is 0 Å². The van der Waals surface area contributed by atoms with E-state index >= 15 is 0 Å². The van der Waals surface area contributed by atoms with Crippen molar-refractivity contribution in [2.24, 2.45) is 7.05 Å². The Balaban J connectivity index is 1.39. The van der Waals surface area contributed by atoms with Gasteiger partial charge in [0.05, 0.1) is 22.3 Å². The Morgan fingerprint density at radius 2 is 1.86 bits per heavy atom. The van der Waals surface area contributed by atoms with Crippen LogP contribution in [0.15, 0.2) is 67.1 Å². The number of hydrogen-bond acceptors (Lipinski definition) is 4. The summed E-state index contributed by atoms with van der Waals surface area (Å²) in [6.45, 7) is 0.561. The van der Waals surface area contributed by atoms with Gasteiger partial charge in [-0.1, -0.05) is 42.5 Å². The van der Waals surface area contributed by atoms with Crippen molar-refractivity contribution in [2.45, 2.75) is 12.8 Å². The normalized spacial score (nSPS) is 10.9. The number of hydrogen-bond donors (Lipinski definition) is 1. The number of aryl methyl sites for hydroxylation is 2. The number of imidazole rings is 1. The van der Waals surface area contributed by atoms with Crippen molar-refractivity contribution in [3.05, 3.63) is 78.5 Å². The van der Waals surface area contributed by atoms with E-state index in [2.05, 4.69) is 30.9 Å². The predicted molar refractivity (Wildman–Crippen MR) is 109 cm³/mol. The molecule has 0 saturated heterocycles. The van der Waals surface area contributed by atoms with Crippen molar-refractivity contribution in [1.29, 1.82) is 0 Å². The molecule has 0 unspecified atom stereocenters. The lowest BCUT2D eigenvalue weighted by Crippen LogP contribution is -2.26. The van der Waals surface area contributed by atoms with E-state index in [9.17, 15) is 4.79 Å². The maximum atomic E-state index is 12.6. The largest absolute Gasteiger partial charge is 0.352 e. The van der Waals surface area contributed by atoms with Gasteiger partial charge in [0.2, 0.25) is 0 Å². The fourth-order valence-electron chi connectivity index (χ4n) is 3.28. The summed E-state index contributed by atoms with van der Waals surface area (Å²) in [6.07, 6.45) is 4.63. The highest BCUT2D eigenvalue weighted by atomic mass is 16.1. The lowest BCUT2D eigenvalue weighted by atomic mass is 10.1. The molecule has 0 aliphatic carbocycles. The third kappa shape index (κ3) is 3.62. The van der Waals surface area contributed by atoms with Gasteiger partial charge in [-0.15, -0.1) is 0 Å². The van der Waals surface area contributed by atoms with Crippen LogP contribution in [0.4, 0.5) is 0 Å². The monoisotopic (exact) mass is 371 g/mol. The molecule has 4 rings (SSSR count).